The van der Waals surface area contributed by atoms with Gasteiger partial charge >= 0.3 is 0 Å². The predicted octanol–water partition coefficient (Wildman–Crippen LogP) is 3.16. The fourth-order valence-electron chi connectivity index (χ4n) is 1.06. The third kappa shape index (κ3) is 3.16. The first-order valence-electron chi connectivity index (χ1n) is 4.29. The molecule has 2 nitrogen and oxygen atoms in total. The van der Waals surface area contributed by atoms with Crippen LogP contribution in [0.5, 0.6) is 5.75 Å². The summed E-state index contributed by atoms with van der Waals surface area (Å²) in [6, 6.07) is 5.88. The van der Waals surface area contributed by atoms with Gasteiger partial charge in [0.25, 0.3) is 0 Å². The monoisotopic (exact) mass is 256 g/mol. The van der Waals surface area contributed by atoms with Crippen LogP contribution in [-0.2, 0) is 11.3 Å². The van der Waals surface area contributed by atoms with Gasteiger partial charge < -0.3 is 9.47 Å². The summed E-state index contributed by atoms with van der Waals surface area (Å²) in [7, 11) is 1.65. The van der Waals surface area contributed by atoms with Crippen molar-refractivity contribution in [1.29, 1.82) is 0 Å². The molecule has 0 bridgehead atoms. The first kappa shape index (κ1) is 11.3. The van der Waals surface area contributed by atoms with E-state index < -0.39 is 0 Å². The normalized spacial score (nSPS) is 9.86. The van der Waals surface area contributed by atoms with Gasteiger partial charge in [0.05, 0.1) is 24.8 Å². The van der Waals surface area contributed by atoms with Crippen LogP contribution in [0.1, 0.15) is 5.56 Å². The highest BCUT2D eigenvalue weighted by Crippen LogP contribution is 2.25. The van der Waals surface area contributed by atoms with Gasteiger partial charge in [0.2, 0.25) is 0 Å². The summed E-state index contributed by atoms with van der Waals surface area (Å²) in [6.07, 6.45) is 1.73. The molecule has 0 radical (unpaired) electrons. The van der Waals surface area contributed by atoms with Crippen molar-refractivity contribution in [3.8, 4) is 5.75 Å². The Bertz CT molecular complexity index is 310. The van der Waals surface area contributed by atoms with Gasteiger partial charge in [-0.25, -0.2) is 0 Å². The summed E-state index contributed by atoms with van der Waals surface area (Å²) in [5, 5.41) is 0. The molecule has 0 aromatic heterocycles. The molecular formula is C11H13BrO2. The Morgan fingerprint density at radius 3 is 2.86 bits per heavy atom. The van der Waals surface area contributed by atoms with Crippen LogP contribution in [-0.4, -0.2) is 13.7 Å². The lowest BCUT2D eigenvalue weighted by atomic mass is 10.2. The Morgan fingerprint density at radius 1 is 1.50 bits per heavy atom. The first-order valence-corrected chi connectivity index (χ1v) is 5.08. The van der Waals surface area contributed by atoms with Crippen LogP contribution in [0.2, 0.25) is 0 Å². The van der Waals surface area contributed by atoms with Crippen molar-refractivity contribution in [2.75, 3.05) is 13.7 Å². The Kier molecular flexibility index (Phi) is 4.70. The van der Waals surface area contributed by atoms with Crippen molar-refractivity contribution in [2.45, 2.75) is 6.61 Å². The highest BCUT2D eigenvalue weighted by molar-refractivity contribution is 9.10. The van der Waals surface area contributed by atoms with Crippen molar-refractivity contribution in [3.05, 3.63) is 40.9 Å². The Morgan fingerprint density at radius 2 is 2.29 bits per heavy atom. The van der Waals surface area contributed by atoms with E-state index in [1.54, 1.807) is 13.2 Å². The van der Waals surface area contributed by atoms with Crippen molar-refractivity contribution < 1.29 is 9.47 Å². The van der Waals surface area contributed by atoms with Crippen molar-refractivity contribution >= 4 is 15.9 Å². The Hall–Kier alpha value is -0.800. The average molecular weight is 257 g/mol. The average Bonchev–Trinajstić information content (AvgIpc) is 2.18. The van der Waals surface area contributed by atoms with E-state index in [1.165, 1.54) is 0 Å². The lowest BCUT2D eigenvalue weighted by molar-refractivity contribution is 0.149. The molecule has 0 N–H and O–H groups in total. The molecule has 0 saturated heterocycles. The third-order valence-electron chi connectivity index (χ3n) is 1.72. The fraction of sp³-hybridized carbons (Fsp3) is 0.273. The SMILES string of the molecule is C=CCOCc1ccc(OC)c(Br)c1. The van der Waals surface area contributed by atoms with Gasteiger partial charge in [-0.15, -0.1) is 6.58 Å². The Balaban J connectivity index is 2.61. The van der Waals surface area contributed by atoms with Gasteiger partial charge in [0.1, 0.15) is 5.75 Å². The maximum absolute atomic E-state index is 5.32. The zero-order chi connectivity index (χ0) is 10.4. The van der Waals surface area contributed by atoms with Crippen molar-refractivity contribution in [3.63, 3.8) is 0 Å². The van der Waals surface area contributed by atoms with E-state index >= 15 is 0 Å². The van der Waals surface area contributed by atoms with Crippen LogP contribution in [0.25, 0.3) is 0 Å². The van der Waals surface area contributed by atoms with E-state index in [1.807, 2.05) is 18.2 Å². The zero-order valence-corrected chi connectivity index (χ0v) is 9.71. The van der Waals surface area contributed by atoms with Gasteiger partial charge in [-0.3, -0.25) is 0 Å². The standard InChI is InChI=1S/C11H13BrO2/c1-3-6-14-8-9-4-5-11(13-2)10(12)7-9/h3-5,7H,1,6,8H2,2H3. The maximum atomic E-state index is 5.32. The second-order valence-electron chi connectivity index (χ2n) is 2.77. The van der Waals surface area contributed by atoms with Crippen LogP contribution >= 0.6 is 15.9 Å². The fourth-order valence-corrected chi connectivity index (χ4v) is 1.65. The molecule has 14 heavy (non-hydrogen) atoms. The minimum atomic E-state index is 0.573. The molecule has 0 heterocycles. The molecule has 1 rings (SSSR count). The number of hydrogen-bond acceptors (Lipinski definition) is 2. The Labute approximate surface area is 92.7 Å². The highest BCUT2D eigenvalue weighted by atomic mass is 79.9. The molecule has 0 aliphatic rings. The molecular weight excluding hydrogens is 244 g/mol. The zero-order valence-electron chi connectivity index (χ0n) is 8.13. The van der Waals surface area contributed by atoms with E-state index in [4.69, 9.17) is 9.47 Å². The van der Waals surface area contributed by atoms with E-state index in [9.17, 15) is 0 Å². The summed E-state index contributed by atoms with van der Waals surface area (Å²) < 4.78 is 11.4. The molecule has 0 saturated carbocycles. The van der Waals surface area contributed by atoms with E-state index in [0.717, 1.165) is 15.8 Å². The predicted molar refractivity (Wildman–Crippen MR) is 60.5 cm³/mol. The highest BCUT2D eigenvalue weighted by Gasteiger charge is 2.00. The molecule has 0 amide bonds. The number of benzene rings is 1. The number of rotatable bonds is 5. The van der Waals surface area contributed by atoms with Gasteiger partial charge in [-0.1, -0.05) is 12.1 Å². The third-order valence-corrected chi connectivity index (χ3v) is 2.34. The van der Waals surface area contributed by atoms with Crippen LogP contribution in [0.15, 0.2) is 35.3 Å². The summed E-state index contributed by atoms with van der Waals surface area (Å²) >= 11 is 3.42. The number of methoxy groups -OCH3 is 1. The van der Waals surface area contributed by atoms with Crippen LogP contribution in [0.4, 0.5) is 0 Å². The van der Waals surface area contributed by atoms with Crippen LogP contribution < -0.4 is 4.74 Å². The molecule has 0 unspecified atom stereocenters. The second-order valence-corrected chi connectivity index (χ2v) is 3.63. The summed E-state index contributed by atoms with van der Waals surface area (Å²) in [6.45, 7) is 4.75. The van der Waals surface area contributed by atoms with Gasteiger partial charge in [-0.05, 0) is 33.6 Å². The van der Waals surface area contributed by atoms with Crippen molar-refractivity contribution in [2.24, 2.45) is 0 Å². The minimum Gasteiger partial charge on any atom is -0.496 e. The van der Waals surface area contributed by atoms with Gasteiger partial charge in [0, 0.05) is 0 Å². The lowest BCUT2D eigenvalue weighted by Gasteiger charge is -2.06. The quantitative estimate of drug-likeness (QED) is 0.595. The molecule has 0 aliphatic carbocycles. The lowest BCUT2D eigenvalue weighted by Crippen LogP contribution is -1.93. The van der Waals surface area contributed by atoms with Crippen molar-refractivity contribution in [1.82, 2.24) is 0 Å². The molecule has 1 aromatic carbocycles. The molecule has 0 aliphatic heterocycles. The molecule has 0 spiro atoms. The van der Waals surface area contributed by atoms with E-state index in [2.05, 4.69) is 22.5 Å². The minimum absolute atomic E-state index is 0.573. The number of ether oxygens (including phenoxy) is 2. The van der Waals surface area contributed by atoms with E-state index in [0.29, 0.717) is 13.2 Å². The number of halogens is 1. The van der Waals surface area contributed by atoms with Gasteiger partial charge in [-0.2, -0.15) is 0 Å². The molecule has 0 atom stereocenters. The molecule has 1 aromatic rings. The largest absolute Gasteiger partial charge is 0.496 e. The maximum Gasteiger partial charge on any atom is 0.133 e. The summed E-state index contributed by atoms with van der Waals surface area (Å²) in [4.78, 5) is 0. The van der Waals surface area contributed by atoms with Crippen LogP contribution in [0.3, 0.4) is 0 Å². The summed E-state index contributed by atoms with van der Waals surface area (Å²) in [5.41, 5.74) is 1.11. The number of hydrogen-bond donors (Lipinski definition) is 0. The molecule has 0 fully saturated rings. The van der Waals surface area contributed by atoms with Gasteiger partial charge in [0.15, 0.2) is 0 Å². The summed E-state index contributed by atoms with van der Waals surface area (Å²) in [5.74, 6) is 0.831. The first-order chi connectivity index (χ1) is 6.77. The molecule has 3 heteroatoms. The molecule has 76 valence electrons. The second kappa shape index (κ2) is 5.83. The topological polar surface area (TPSA) is 18.5 Å². The van der Waals surface area contributed by atoms with E-state index in [-0.39, 0.29) is 0 Å². The smallest absolute Gasteiger partial charge is 0.133 e. The van der Waals surface area contributed by atoms with Crippen LogP contribution in [0, 0.1) is 0 Å².